The molecule has 184 valence electrons. The van der Waals surface area contributed by atoms with E-state index in [9.17, 15) is 5.11 Å². The zero-order valence-corrected chi connectivity index (χ0v) is 22.4. The fourth-order valence-electron chi connectivity index (χ4n) is 4.40. The van der Waals surface area contributed by atoms with Gasteiger partial charge >= 0.3 is 0 Å². The highest BCUT2D eigenvalue weighted by atomic mass is 16.8. The standard InChI is InChI=1S/C29H50O3/c1-10-13-14-17-28(7,8)23-19-21(18-22(25(23)30)27(4,5)6)15-16-24-26(32-24)31-20-29(9,11-2)12-3/h18-19,24,26,30H,10-17,20H2,1-9H3. The van der Waals surface area contributed by atoms with Crippen LogP contribution in [0.3, 0.4) is 0 Å². The summed E-state index contributed by atoms with van der Waals surface area (Å²) in [6.07, 6.45) is 9.06. The largest absolute Gasteiger partial charge is 0.507 e. The van der Waals surface area contributed by atoms with Crippen molar-refractivity contribution in [2.45, 2.75) is 137 Å². The van der Waals surface area contributed by atoms with Crippen molar-refractivity contribution in [3.05, 3.63) is 28.8 Å². The van der Waals surface area contributed by atoms with Crippen LogP contribution in [0.2, 0.25) is 0 Å². The van der Waals surface area contributed by atoms with Gasteiger partial charge in [-0.1, -0.05) is 93.7 Å². The summed E-state index contributed by atoms with van der Waals surface area (Å²) >= 11 is 0. The van der Waals surface area contributed by atoms with Gasteiger partial charge in [0.2, 0.25) is 0 Å². The number of benzene rings is 1. The Morgan fingerprint density at radius 2 is 1.56 bits per heavy atom. The lowest BCUT2D eigenvalue weighted by Gasteiger charge is -2.31. The Labute approximate surface area is 198 Å². The Morgan fingerprint density at radius 1 is 0.938 bits per heavy atom. The molecule has 1 aromatic carbocycles. The maximum Gasteiger partial charge on any atom is 0.184 e. The summed E-state index contributed by atoms with van der Waals surface area (Å²) in [5.74, 6) is 0.491. The Hall–Kier alpha value is -1.06. The van der Waals surface area contributed by atoms with Crippen LogP contribution in [0.15, 0.2) is 12.1 Å². The number of epoxide rings is 1. The van der Waals surface area contributed by atoms with E-state index in [4.69, 9.17) is 9.47 Å². The number of rotatable bonds is 13. The minimum absolute atomic E-state index is 0.0399. The monoisotopic (exact) mass is 446 g/mol. The Balaban J connectivity index is 2.10. The molecular formula is C29H50O3. The molecule has 0 aliphatic carbocycles. The first kappa shape index (κ1) is 27.2. The van der Waals surface area contributed by atoms with Gasteiger partial charge in [-0.25, -0.2) is 0 Å². The normalized spacial score (nSPS) is 19.4. The van der Waals surface area contributed by atoms with E-state index >= 15 is 0 Å². The summed E-state index contributed by atoms with van der Waals surface area (Å²) in [7, 11) is 0. The second kappa shape index (κ2) is 10.9. The predicted molar refractivity (Wildman–Crippen MR) is 136 cm³/mol. The maximum atomic E-state index is 11.2. The lowest BCUT2D eigenvalue weighted by Crippen LogP contribution is -2.22. The number of hydrogen-bond donors (Lipinski definition) is 1. The summed E-state index contributed by atoms with van der Waals surface area (Å²) < 4.78 is 11.9. The van der Waals surface area contributed by atoms with Crippen LogP contribution in [-0.2, 0) is 26.7 Å². The fourth-order valence-corrected chi connectivity index (χ4v) is 4.40. The molecule has 1 aliphatic rings. The number of hydrogen-bond acceptors (Lipinski definition) is 3. The predicted octanol–water partition coefficient (Wildman–Crippen LogP) is 8.05. The number of aryl methyl sites for hydroxylation is 1. The van der Waals surface area contributed by atoms with Gasteiger partial charge in [-0.15, -0.1) is 0 Å². The van der Waals surface area contributed by atoms with Gasteiger partial charge < -0.3 is 14.6 Å². The molecule has 2 atom stereocenters. The van der Waals surface area contributed by atoms with Gasteiger partial charge in [0.15, 0.2) is 6.29 Å². The third kappa shape index (κ3) is 7.22. The summed E-state index contributed by atoms with van der Waals surface area (Å²) in [6.45, 7) is 20.9. The lowest BCUT2D eigenvalue weighted by molar-refractivity contribution is -0.00613. The van der Waals surface area contributed by atoms with Gasteiger partial charge in [0.25, 0.3) is 0 Å². The molecule has 0 saturated carbocycles. The van der Waals surface area contributed by atoms with E-state index in [0.29, 0.717) is 5.75 Å². The molecule has 2 unspecified atom stereocenters. The first-order valence-corrected chi connectivity index (χ1v) is 13.0. The number of phenols is 1. The summed E-state index contributed by atoms with van der Waals surface area (Å²) in [4.78, 5) is 0. The molecule has 3 heteroatoms. The highest BCUT2D eigenvalue weighted by molar-refractivity contribution is 5.50. The first-order chi connectivity index (χ1) is 14.9. The zero-order chi connectivity index (χ0) is 24.2. The topological polar surface area (TPSA) is 42.0 Å². The quantitative estimate of drug-likeness (QED) is 0.246. The molecule has 0 radical (unpaired) electrons. The maximum absolute atomic E-state index is 11.2. The van der Waals surface area contributed by atoms with Gasteiger partial charge in [-0.2, -0.15) is 0 Å². The van der Waals surface area contributed by atoms with Crippen molar-refractivity contribution in [1.29, 1.82) is 0 Å². The third-order valence-corrected chi connectivity index (χ3v) is 7.67. The molecule has 0 aromatic heterocycles. The van der Waals surface area contributed by atoms with Crippen LogP contribution < -0.4 is 0 Å². The molecule has 1 aromatic rings. The van der Waals surface area contributed by atoms with Crippen LogP contribution in [0.5, 0.6) is 5.75 Å². The molecule has 1 saturated heterocycles. The van der Waals surface area contributed by atoms with Gasteiger partial charge in [0.1, 0.15) is 11.9 Å². The summed E-state index contributed by atoms with van der Waals surface area (Å²) in [5.41, 5.74) is 3.56. The fraction of sp³-hybridized carbons (Fsp3) is 0.793. The van der Waals surface area contributed by atoms with Gasteiger partial charge in [-0.05, 0) is 59.5 Å². The van der Waals surface area contributed by atoms with E-state index in [1.807, 2.05) is 0 Å². The van der Waals surface area contributed by atoms with E-state index in [0.717, 1.165) is 49.8 Å². The molecule has 32 heavy (non-hydrogen) atoms. The average Bonchev–Trinajstić information content (AvgIpc) is 3.48. The van der Waals surface area contributed by atoms with Crippen LogP contribution in [-0.4, -0.2) is 24.1 Å². The van der Waals surface area contributed by atoms with Crippen LogP contribution in [0.4, 0.5) is 0 Å². The second-order valence-corrected chi connectivity index (χ2v) is 12.0. The van der Waals surface area contributed by atoms with Gasteiger partial charge in [0.05, 0.1) is 6.61 Å². The average molecular weight is 447 g/mol. The van der Waals surface area contributed by atoms with E-state index in [-0.39, 0.29) is 28.6 Å². The molecule has 0 amide bonds. The minimum atomic E-state index is -0.0964. The molecule has 1 aliphatic heterocycles. The van der Waals surface area contributed by atoms with Crippen molar-refractivity contribution in [2.24, 2.45) is 5.41 Å². The van der Waals surface area contributed by atoms with Gasteiger partial charge in [0, 0.05) is 5.56 Å². The Kier molecular flexibility index (Phi) is 9.27. The summed E-state index contributed by atoms with van der Waals surface area (Å²) in [5, 5.41) is 11.2. The number of aromatic hydroxyl groups is 1. The van der Waals surface area contributed by atoms with Crippen LogP contribution >= 0.6 is 0 Å². The van der Waals surface area contributed by atoms with Crippen molar-refractivity contribution in [2.75, 3.05) is 6.61 Å². The molecule has 1 fully saturated rings. The number of phenolic OH excluding ortho intramolecular Hbond substituents is 1. The third-order valence-electron chi connectivity index (χ3n) is 7.67. The molecule has 3 nitrogen and oxygen atoms in total. The van der Waals surface area contributed by atoms with Crippen molar-refractivity contribution in [3.8, 4) is 5.75 Å². The molecule has 0 spiro atoms. The Morgan fingerprint density at radius 3 is 2.12 bits per heavy atom. The van der Waals surface area contributed by atoms with Gasteiger partial charge in [-0.3, -0.25) is 0 Å². The molecular weight excluding hydrogens is 396 g/mol. The first-order valence-electron chi connectivity index (χ1n) is 13.0. The highest BCUT2D eigenvalue weighted by Gasteiger charge is 2.41. The van der Waals surface area contributed by atoms with Crippen molar-refractivity contribution >= 4 is 0 Å². The molecule has 1 N–H and O–H groups in total. The zero-order valence-electron chi connectivity index (χ0n) is 22.4. The summed E-state index contributed by atoms with van der Waals surface area (Å²) in [6, 6.07) is 4.46. The second-order valence-electron chi connectivity index (χ2n) is 12.0. The minimum Gasteiger partial charge on any atom is -0.507 e. The number of ether oxygens (including phenoxy) is 2. The molecule has 1 heterocycles. The van der Waals surface area contributed by atoms with Crippen LogP contribution in [0.1, 0.15) is 124 Å². The Bertz CT molecular complexity index is 725. The van der Waals surface area contributed by atoms with E-state index in [1.165, 1.54) is 24.8 Å². The SMILES string of the molecule is CCCCCC(C)(C)c1cc(CCC2OC2OCC(C)(CC)CC)cc(C(C)(C)C)c1O. The smallest absolute Gasteiger partial charge is 0.184 e. The lowest BCUT2D eigenvalue weighted by atomic mass is 9.75. The van der Waals surface area contributed by atoms with E-state index < -0.39 is 0 Å². The highest BCUT2D eigenvalue weighted by Crippen LogP contribution is 2.42. The molecule has 2 rings (SSSR count). The number of unbranched alkanes of at least 4 members (excludes halogenated alkanes) is 2. The molecule has 0 bridgehead atoms. The van der Waals surface area contributed by atoms with Crippen molar-refractivity contribution in [1.82, 2.24) is 0 Å². The van der Waals surface area contributed by atoms with Crippen molar-refractivity contribution < 1.29 is 14.6 Å². The van der Waals surface area contributed by atoms with Crippen LogP contribution in [0.25, 0.3) is 0 Å². The van der Waals surface area contributed by atoms with Crippen molar-refractivity contribution in [3.63, 3.8) is 0 Å². The van der Waals surface area contributed by atoms with Crippen LogP contribution in [0, 0.1) is 5.41 Å². The van der Waals surface area contributed by atoms with E-state index in [2.05, 4.69) is 74.4 Å². The van der Waals surface area contributed by atoms with E-state index in [1.54, 1.807) is 0 Å².